The Kier molecular flexibility index (Phi) is 5.11. The normalized spacial score (nSPS) is 24.2. The van der Waals surface area contributed by atoms with E-state index in [0.29, 0.717) is 0 Å². The lowest BCUT2D eigenvalue weighted by molar-refractivity contribution is -0.228. The van der Waals surface area contributed by atoms with Crippen LogP contribution in [0.3, 0.4) is 0 Å². The van der Waals surface area contributed by atoms with Crippen LogP contribution >= 0.6 is 0 Å². The SMILES string of the molecule is O=C(NS(=O)(=O)c1ccc(C2(C(F)(F)F)N=N2)cc1)C1COC(C(F)(F)F)CN1. The van der Waals surface area contributed by atoms with Crippen molar-refractivity contribution in [3.05, 3.63) is 29.8 Å². The van der Waals surface area contributed by atoms with Crippen LogP contribution in [-0.4, -0.2) is 52.0 Å². The van der Waals surface area contributed by atoms with Crippen molar-refractivity contribution in [3.63, 3.8) is 0 Å². The van der Waals surface area contributed by atoms with Crippen molar-refractivity contribution in [1.29, 1.82) is 0 Å². The number of hydrogen-bond acceptors (Lipinski definition) is 7. The highest BCUT2D eigenvalue weighted by molar-refractivity contribution is 7.90. The van der Waals surface area contributed by atoms with Crippen LogP contribution in [-0.2, 0) is 25.2 Å². The third-order valence-corrected chi connectivity index (χ3v) is 5.56. The molecule has 29 heavy (non-hydrogen) atoms. The highest BCUT2D eigenvalue weighted by Crippen LogP contribution is 2.52. The minimum absolute atomic E-state index is 0.407. The zero-order valence-corrected chi connectivity index (χ0v) is 14.9. The maximum atomic E-state index is 12.9. The number of benzene rings is 1. The molecule has 0 aliphatic carbocycles. The Morgan fingerprint density at radius 2 is 1.72 bits per heavy atom. The van der Waals surface area contributed by atoms with Gasteiger partial charge in [-0.05, 0) is 12.1 Å². The number of halogens is 6. The van der Waals surface area contributed by atoms with Gasteiger partial charge in [0.25, 0.3) is 15.9 Å². The van der Waals surface area contributed by atoms with Crippen LogP contribution in [0.25, 0.3) is 0 Å². The van der Waals surface area contributed by atoms with Gasteiger partial charge in [-0.3, -0.25) is 4.79 Å². The summed E-state index contributed by atoms with van der Waals surface area (Å²) in [5.41, 5.74) is -3.13. The van der Waals surface area contributed by atoms with E-state index in [-0.39, 0.29) is 0 Å². The molecule has 0 saturated carbocycles. The molecule has 0 spiro atoms. The van der Waals surface area contributed by atoms with Crippen LogP contribution < -0.4 is 10.0 Å². The summed E-state index contributed by atoms with van der Waals surface area (Å²) in [7, 11) is -4.49. The van der Waals surface area contributed by atoms with Crippen molar-refractivity contribution in [2.45, 2.75) is 35.1 Å². The third kappa shape index (κ3) is 4.20. The molecule has 2 atom stereocenters. The van der Waals surface area contributed by atoms with Crippen molar-refractivity contribution >= 4 is 15.9 Å². The minimum Gasteiger partial charge on any atom is -0.365 e. The Balaban J connectivity index is 1.65. The van der Waals surface area contributed by atoms with E-state index in [1.165, 1.54) is 0 Å². The van der Waals surface area contributed by atoms with E-state index >= 15 is 0 Å². The molecule has 2 heterocycles. The Labute approximate surface area is 159 Å². The van der Waals surface area contributed by atoms with Crippen LogP contribution in [0.1, 0.15) is 5.56 Å². The van der Waals surface area contributed by atoms with Crippen LogP contribution in [0.4, 0.5) is 26.3 Å². The zero-order chi connectivity index (χ0) is 21.7. The second-order valence-electron chi connectivity index (χ2n) is 6.19. The number of hydrogen-bond donors (Lipinski definition) is 2. The Bertz CT molecular complexity index is 915. The van der Waals surface area contributed by atoms with E-state index in [2.05, 4.69) is 20.3 Å². The van der Waals surface area contributed by atoms with Gasteiger partial charge in [-0.25, -0.2) is 13.1 Å². The van der Waals surface area contributed by atoms with E-state index in [9.17, 15) is 39.6 Å². The van der Waals surface area contributed by atoms with Crippen molar-refractivity contribution in [2.24, 2.45) is 10.2 Å². The number of nitrogens with zero attached hydrogens (tertiary/aromatic N) is 2. The molecule has 8 nitrogen and oxygen atoms in total. The van der Waals surface area contributed by atoms with Gasteiger partial charge in [0.05, 0.1) is 11.5 Å². The summed E-state index contributed by atoms with van der Waals surface area (Å²) >= 11 is 0. The van der Waals surface area contributed by atoms with Crippen LogP contribution in [0.2, 0.25) is 0 Å². The van der Waals surface area contributed by atoms with Gasteiger partial charge >= 0.3 is 18.0 Å². The molecule has 1 amide bonds. The quantitative estimate of drug-likeness (QED) is 0.683. The summed E-state index contributed by atoms with van der Waals surface area (Å²) in [6, 6.07) is 1.99. The Hall–Kier alpha value is -2.26. The fraction of sp³-hybridized carbons (Fsp3) is 0.500. The van der Waals surface area contributed by atoms with Gasteiger partial charge < -0.3 is 10.1 Å². The molecule has 1 saturated heterocycles. The summed E-state index contributed by atoms with van der Waals surface area (Å²) in [6.07, 6.45) is -11.6. The topological polar surface area (TPSA) is 109 Å². The summed E-state index contributed by atoms with van der Waals surface area (Å²) in [4.78, 5) is 11.5. The van der Waals surface area contributed by atoms with E-state index in [0.717, 1.165) is 24.3 Å². The smallest absolute Gasteiger partial charge is 0.365 e. The number of ether oxygens (including phenoxy) is 1. The highest BCUT2D eigenvalue weighted by atomic mass is 32.2. The highest BCUT2D eigenvalue weighted by Gasteiger charge is 2.65. The van der Waals surface area contributed by atoms with Gasteiger partial charge in [0, 0.05) is 12.1 Å². The fourth-order valence-electron chi connectivity index (χ4n) is 2.53. The number of sulfonamides is 1. The lowest BCUT2D eigenvalue weighted by Gasteiger charge is -2.30. The predicted molar refractivity (Wildman–Crippen MR) is 81.9 cm³/mol. The van der Waals surface area contributed by atoms with Crippen molar-refractivity contribution < 1.29 is 44.3 Å². The third-order valence-electron chi connectivity index (χ3n) is 4.19. The van der Waals surface area contributed by atoms with Crippen molar-refractivity contribution in [1.82, 2.24) is 10.0 Å². The largest absolute Gasteiger partial charge is 0.442 e. The van der Waals surface area contributed by atoms with Crippen LogP contribution in [0.5, 0.6) is 0 Å². The van der Waals surface area contributed by atoms with Crippen LogP contribution in [0, 0.1) is 0 Å². The molecule has 15 heteroatoms. The molecular weight excluding hydrogens is 434 g/mol. The summed E-state index contributed by atoms with van der Waals surface area (Å²) in [5, 5.41) is 8.19. The molecule has 1 fully saturated rings. The average Bonchev–Trinajstić information content (AvgIpc) is 3.43. The molecule has 2 aliphatic heterocycles. The van der Waals surface area contributed by atoms with Gasteiger partial charge in [-0.2, -0.15) is 26.3 Å². The second-order valence-corrected chi connectivity index (χ2v) is 7.87. The molecule has 1 aromatic carbocycles. The average molecular weight is 446 g/mol. The predicted octanol–water partition coefficient (Wildman–Crippen LogP) is 1.59. The first-order valence-electron chi connectivity index (χ1n) is 7.86. The van der Waals surface area contributed by atoms with Crippen molar-refractivity contribution in [2.75, 3.05) is 13.2 Å². The first-order chi connectivity index (χ1) is 13.3. The number of nitrogens with one attached hydrogen (secondary N) is 2. The molecule has 2 N–H and O–H groups in total. The molecular formula is C14H12F6N4O4S. The first-order valence-corrected chi connectivity index (χ1v) is 9.34. The summed E-state index contributed by atoms with van der Waals surface area (Å²) in [5.74, 6) is -1.17. The maximum Gasteiger partial charge on any atom is 0.442 e. The van der Waals surface area contributed by atoms with Gasteiger partial charge in [0.2, 0.25) is 0 Å². The second kappa shape index (κ2) is 6.91. The molecule has 160 valence electrons. The zero-order valence-electron chi connectivity index (χ0n) is 14.1. The van der Waals surface area contributed by atoms with E-state index in [1.54, 1.807) is 4.72 Å². The van der Waals surface area contributed by atoms with Crippen molar-refractivity contribution in [3.8, 4) is 0 Å². The number of carbonyl (C=O) groups is 1. The monoisotopic (exact) mass is 446 g/mol. The number of morpholine rings is 1. The summed E-state index contributed by atoms with van der Waals surface area (Å²) < 4.78 is 107. The number of carbonyl (C=O) groups excluding carboxylic acids is 1. The first kappa shape index (κ1) is 21.4. The molecule has 0 radical (unpaired) electrons. The number of alkyl halides is 6. The lowest BCUT2D eigenvalue weighted by atomic mass is 10.0. The Morgan fingerprint density at radius 3 is 2.14 bits per heavy atom. The molecule has 2 aliphatic rings. The summed E-state index contributed by atoms with van der Waals surface area (Å²) in [6.45, 7) is -1.47. The molecule has 3 rings (SSSR count). The minimum atomic E-state index is -4.79. The van der Waals surface area contributed by atoms with Gasteiger partial charge in [0.1, 0.15) is 6.04 Å². The Morgan fingerprint density at radius 1 is 1.14 bits per heavy atom. The van der Waals surface area contributed by atoms with Gasteiger partial charge in [-0.15, -0.1) is 10.2 Å². The number of amides is 1. The van der Waals surface area contributed by atoms with Gasteiger partial charge in [0.15, 0.2) is 6.10 Å². The number of rotatable bonds is 4. The van der Waals surface area contributed by atoms with E-state index in [4.69, 9.17) is 0 Å². The van der Waals surface area contributed by atoms with Gasteiger partial charge in [-0.1, -0.05) is 12.1 Å². The molecule has 1 aromatic rings. The lowest BCUT2D eigenvalue weighted by Crippen LogP contribution is -2.57. The van der Waals surface area contributed by atoms with E-state index in [1.807, 2.05) is 0 Å². The van der Waals surface area contributed by atoms with Crippen LogP contribution in [0.15, 0.2) is 39.4 Å². The van der Waals surface area contributed by atoms with E-state index < -0.39 is 69.7 Å². The standard InChI is InChI=1S/C14H12F6N4O4S/c15-13(16,17)10-5-21-9(6-28-10)11(25)22-29(26,27)8-3-1-7(2-4-8)12(23-24-12)14(18,19)20/h1-4,9-10,21H,5-6H2,(H,22,25). The maximum absolute atomic E-state index is 12.9. The fourth-order valence-corrected chi connectivity index (χ4v) is 3.55. The molecule has 0 bridgehead atoms. The molecule has 2 unspecified atom stereocenters. The molecule has 0 aromatic heterocycles.